The van der Waals surface area contributed by atoms with E-state index in [9.17, 15) is 4.79 Å². The number of carbonyl (C=O) groups is 1. The number of methoxy groups -OCH3 is 1. The van der Waals surface area contributed by atoms with Crippen LogP contribution in [0.2, 0.25) is 0 Å². The Morgan fingerprint density at radius 3 is 2.54 bits per heavy atom. The predicted molar refractivity (Wildman–Crippen MR) is 144 cm³/mol. The highest BCUT2D eigenvalue weighted by Crippen LogP contribution is 2.41. The monoisotopic (exact) mass is 502 g/mol. The fourth-order valence-corrected chi connectivity index (χ4v) is 4.19. The molecule has 4 rings (SSSR count). The Bertz CT molecular complexity index is 1340. The van der Waals surface area contributed by atoms with Gasteiger partial charge in [-0.15, -0.1) is 0 Å². The van der Waals surface area contributed by atoms with Crippen LogP contribution in [0.1, 0.15) is 38.3 Å². The van der Waals surface area contributed by atoms with E-state index >= 15 is 0 Å². The van der Waals surface area contributed by atoms with Crippen molar-refractivity contribution in [2.24, 2.45) is 0 Å². The summed E-state index contributed by atoms with van der Waals surface area (Å²) in [6, 6.07) is 17.4. The van der Waals surface area contributed by atoms with Gasteiger partial charge in [-0.05, 0) is 70.0 Å². The summed E-state index contributed by atoms with van der Waals surface area (Å²) in [6.45, 7) is 8.95. The number of furan rings is 1. The number of aryl methyl sites for hydroxylation is 1. The number of ether oxygens (including phenoxy) is 3. The van der Waals surface area contributed by atoms with E-state index in [2.05, 4.69) is 4.98 Å². The zero-order valence-corrected chi connectivity index (χ0v) is 22.1. The van der Waals surface area contributed by atoms with Crippen molar-refractivity contribution < 1.29 is 23.4 Å². The summed E-state index contributed by atoms with van der Waals surface area (Å²) >= 11 is 0. The summed E-state index contributed by atoms with van der Waals surface area (Å²) in [6.07, 6.45) is 3.75. The second kappa shape index (κ2) is 11.4. The van der Waals surface area contributed by atoms with E-state index in [1.165, 1.54) is 0 Å². The highest BCUT2D eigenvalue weighted by Gasteiger charge is 2.23. The smallest absolute Gasteiger partial charge is 0.410 e. The number of rotatable bonds is 9. The molecule has 0 aliphatic heterocycles. The molecule has 4 aromatic rings. The zero-order chi connectivity index (χ0) is 26.4. The van der Waals surface area contributed by atoms with Crippen LogP contribution in [0, 0.1) is 6.92 Å². The maximum Gasteiger partial charge on any atom is 0.410 e. The predicted octanol–water partition coefficient (Wildman–Crippen LogP) is 7.02. The lowest BCUT2D eigenvalue weighted by Crippen LogP contribution is -2.37. The van der Waals surface area contributed by atoms with Crippen molar-refractivity contribution >= 4 is 17.1 Å². The Morgan fingerprint density at radius 1 is 1.03 bits per heavy atom. The van der Waals surface area contributed by atoms with Crippen molar-refractivity contribution in [1.29, 1.82) is 0 Å². The van der Waals surface area contributed by atoms with Gasteiger partial charge in [0.05, 0.1) is 31.2 Å². The number of aromatic nitrogens is 1. The van der Waals surface area contributed by atoms with Gasteiger partial charge in [-0.1, -0.05) is 24.3 Å². The van der Waals surface area contributed by atoms with Crippen molar-refractivity contribution in [1.82, 2.24) is 9.88 Å². The van der Waals surface area contributed by atoms with Gasteiger partial charge in [0.1, 0.15) is 28.4 Å². The lowest BCUT2D eigenvalue weighted by molar-refractivity contribution is 0.0225. The fraction of sp³-hybridized carbons (Fsp3) is 0.333. The molecule has 0 bridgehead atoms. The molecular formula is C30H34N2O5. The molecule has 0 fully saturated rings. The minimum absolute atomic E-state index is 0.356. The second-order valence-electron chi connectivity index (χ2n) is 9.85. The molecule has 2 aromatic heterocycles. The van der Waals surface area contributed by atoms with Crippen molar-refractivity contribution in [3.8, 4) is 22.8 Å². The molecule has 194 valence electrons. The van der Waals surface area contributed by atoms with E-state index in [1.807, 2.05) is 82.3 Å². The summed E-state index contributed by atoms with van der Waals surface area (Å²) < 4.78 is 23.6. The standard InChI is InChI=1S/C30H34N2O5/c1-21-27-25(14-8-15-26(27)36-28(21)23-12-6-7-13-24(23)34-5)35-18-10-17-32(29(33)37-30(2,3)4)20-22-11-9-16-31-19-22/h6-9,11-16,19H,10,17-18,20H2,1-5H3. The van der Waals surface area contributed by atoms with E-state index in [-0.39, 0.29) is 6.09 Å². The molecule has 0 atom stereocenters. The minimum atomic E-state index is -0.575. The van der Waals surface area contributed by atoms with Gasteiger partial charge in [-0.3, -0.25) is 4.98 Å². The van der Waals surface area contributed by atoms with E-state index in [0.717, 1.165) is 44.9 Å². The molecule has 0 saturated heterocycles. The molecule has 7 heteroatoms. The van der Waals surface area contributed by atoms with Crippen LogP contribution in [0.15, 0.2) is 71.4 Å². The normalized spacial score (nSPS) is 11.4. The summed E-state index contributed by atoms with van der Waals surface area (Å²) in [5.74, 6) is 2.26. The topological polar surface area (TPSA) is 74.0 Å². The maximum absolute atomic E-state index is 12.9. The van der Waals surface area contributed by atoms with Crippen LogP contribution in [0.5, 0.6) is 11.5 Å². The first kappa shape index (κ1) is 26.1. The molecule has 37 heavy (non-hydrogen) atoms. The Morgan fingerprint density at radius 2 is 1.81 bits per heavy atom. The first-order chi connectivity index (χ1) is 17.8. The summed E-state index contributed by atoms with van der Waals surface area (Å²) in [4.78, 5) is 18.7. The van der Waals surface area contributed by atoms with Crippen LogP contribution in [0.4, 0.5) is 4.79 Å². The fourth-order valence-electron chi connectivity index (χ4n) is 4.19. The molecule has 0 radical (unpaired) electrons. The number of nitrogens with zero attached hydrogens (tertiary/aromatic N) is 2. The SMILES string of the molecule is COc1ccccc1-c1oc2cccc(OCCCN(Cc3cccnc3)C(=O)OC(C)(C)C)c2c1C. The molecule has 0 aliphatic carbocycles. The molecule has 7 nitrogen and oxygen atoms in total. The van der Waals surface area contributed by atoms with E-state index < -0.39 is 5.60 Å². The maximum atomic E-state index is 12.9. The van der Waals surface area contributed by atoms with Crippen LogP contribution < -0.4 is 9.47 Å². The lowest BCUT2D eigenvalue weighted by Gasteiger charge is -2.27. The minimum Gasteiger partial charge on any atom is -0.496 e. The van der Waals surface area contributed by atoms with E-state index in [1.54, 1.807) is 24.4 Å². The molecule has 2 aromatic carbocycles. The van der Waals surface area contributed by atoms with Gasteiger partial charge < -0.3 is 23.5 Å². The van der Waals surface area contributed by atoms with Gasteiger partial charge in [0, 0.05) is 24.5 Å². The van der Waals surface area contributed by atoms with Crippen LogP contribution in [-0.4, -0.2) is 41.8 Å². The average molecular weight is 503 g/mol. The number of pyridine rings is 1. The third-order valence-electron chi connectivity index (χ3n) is 5.85. The number of hydrogen-bond donors (Lipinski definition) is 0. The Balaban J connectivity index is 1.47. The molecular weight excluding hydrogens is 468 g/mol. The van der Waals surface area contributed by atoms with Crippen molar-refractivity contribution in [3.05, 3.63) is 78.1 Å². The molecule has 0 N–H and O–H groups in total. The van der Waals surface area contributed by atoms with Gasteiger partial charge >= 0.3 is 6.09 Å². The molecule has 0 spiro atoms. The van der Waals surface area contributed by atoms with E-state index in [0.29, 0.717) is 26.1 Å². The quantitative estimate of drug-likeness (QED) is 0.229. The molecule has 1 amide bonds. The Hall–Kier alpha value is -4.00. The van der Waals surface area contributed by atoms with Crippen LogP contribution in [0.3, 0.4) is 0 Å². The van der Waals surface area contributed by atoms with Gasteiger partial charge in [0.15, 0.2) is 0 Å². The number of para-hydroxylation sites is 1. The molecule has 0 saturated carbocycles. The van der Waals surface area contributed by atoms with Crippen molar-refractivity contribution in [3.63, 3.8) is 0 Å². The zero-order valence-electron chi connectivity index (χ0n) is 22.1. The average Bonchev–Trinajstić information content (AvgIpc) is 3.22. The third kappa shape index (κ3) is 6.42. The molecule has 0 aliphatic rings. The third-order valence-corrected chi connectivity index (χ3v) is 5.85. The summed E-state index contributed by atoms with van der Waals surface area (Å²) in [5, 5.41) is 0.933. The van der Waals surface area contributed by atoms with Gasteiger partial charge in [0.25, 0.3) is 0 Å². The van der Waals surface area contributed by atoms with Gasteiger partial charge in [0.2, 0.25) is 0 Å². The number of hydrogen-bond acceptors (Lipinski definition) is 6. The van der Waals surface area contributed by atoms with Crippen LogP contribution in [-0.2, 0) is 11.3 Å². The lowest BCUT2D eigenvalue weighted by atomic mass is 10.1. The Kier molecular flexibility index (Phi) is 8.01. The van der Waals surface area contributed by atoms with Crippen LogP contribution >= 0.6 is 0 Å². The number of amides is 1. The number of carbonyl (C=O) groups excluding carboxylic acids is 1. The second-order valence-corrected chi connectivity index (χ2v) is 9.85. The summed E-state index contributed by atoms with van der Waals surface area (Å²) in [7, 11) is 1.65. The summed E-state index contributed by atoms with van der Waals surface area (Å²) in [5.41, 5.74) is 3.00. The first-order valence-corrected chi connectivity index (χ1v) is 12.4. The highest BCUT2D eigenvalue weighted by atomic mass is 16.6. The largest absolute Gasteiger partial charge is 0.496 e. The van der Waals surface area contributed by atoms with Crippen molar-refractivity contribution in [2.75, 3.05) is 20.3 Å². The van der Waals surface area contributed by atoms with Crippen LogP contribution in [0.25, 0.3) is 22.3 Å². The van der Waals surface area contributed by atoms with E-state index in [4.69, 9.17) is 18.6 Å². The number of fused-ring (bicyclic) bond motifs is 1. The van der Waals surface area contributed by atoms with Gasteiger partial charge in [-0.2, -0.15) is 0 Å². The van der Waals surface area contributed by atoms with Crippen molar-refractivity contribution in [2.45, 2.75) is 46.3 Å². The number of benzene rings is 2. The molecule has 0 unspecified atom stereocenters. The first-order valence-electron chi connectivity index (χ1n) is 12.4. The van der Waals surface area contributed by atoms with Gasteiger partial charge in [-0.25, -0.2) is 4.79 Å². The Labute approximate surface area is 218 Å². The highest BCUT2D eigenvalue weighted by molar-refractivity contribution is 5.93. The molecule has 2 heterocycles.